The Balaban J connectivity index is 1.57. The number of benzene rings is 4. The van der Waals surface area contributed by atoms with Gasteiger partial charge in [0.15, 0.2) is 0 Å². The summed E-state index contributed by atoms with van der Waals surface area (Å²) in [5, 5.41) is 3.56. The third kappa shape index (κ3) is 8.13. The highest BCUT2D eigenvalue weighted by Crippen LogP contribution is 2.27. The van der Waals surface area contributed by atoms with Gasteiger partial charge in [-0.15, -0.1) is 0 Å². The van der Waals surface area contributed by atoms with E-state index in [0.717, 1.165) is 53.2 Å². The van der Waals surface area contributed by atoms with Gasteiger partial charge in [0.2, 0.25) is 11.8 Å². The quantitative estimate of drug-likeness (QED) is 0.184. The zero-order valence-corrected chi connectivity index (χ0v) is 27.2. The van der Waals surface area contributed by atoms with Gasteiger partial charge in [-0.25, -0.2) is 12.8 Å². The number of sulfonamides is 1. The first-order chi connectivity index (χ1) is 22.1. The number of hydrogen-bond acceptors (Lipinski definition) is 4. The molecule has 0 aliphatic heterocycles. The number of hydrogen-bond donors (Lipinski definition) is 1. The Morgan fingerprint density at radius 2 is 1.52 bits per heavy atom. The van der Waals surface area contributed by atoms with E-state index < -0.39 is 34.3 Å². The van der Waals surface area contributed by atoms with E-state index >= 15 is 0 Å². The number of nitrogens with zero attached hydrogens (tertiary/aromatic N) is 2. The first kappa shape index (κ1) is 33.2. The number of rotatable bonds is 12. The van der Waals surface area contributed by atoms with Crippen molar-refractivity contribution in [2.24, 2.45) is 0 Å². The molecule has 5 rings (SSSR count). The van der Waals surface area contributed by atoms with Crippen LogP contribution in [-0.2, 0) is 32.6 Å². The van der Waals surface area contributed by atoms with Crippen LogP contribution < -0.4 is 9.62 Å². The minimum absolute atomic E-state index is 0.000618. The average molecular weight is 662 g/mol. The van der Waals surface area contributed by atoms with Crippen molar-refractivity contribution in [3.05, 3.63) is 131 Å². The van der Waals surface area contributed by atoms with E-state index in [1.165, 1.54) is 29.2 Å². The number of nitrogens with one attached hydrogen (secondary N) is 1. The fourth-order valence-corrected chi connectivity index (χ4v) is 7.31. The molecule has 1 saturated carbocycles. The van der Waals surface area contributed by atoms with Crippen LogP contribution in [-0.4, -0.2) is 43.8 Å². The van der Waals surface area contributed by atoms with Crippen LogP contribution >= 0.6 is 11.6 Å². The summed E-state index contributed by atoms with van der Waals surface area (Å²) in [6.07, 6.45) is 3.95. The summed E-state index contributed by atoms with van der Waals surface area (Å²) in [6, 6.07) is 26.7. The van der Waals surface area contributed by atoms with Gasteiger partial charge < -0.3 is 10.2 Å². The molecule has 7 nitrogen and oxygen atoms in total. The van der Waals surface area contributed by atoms with Crippen molar-refractivity contribution in [2.45, 2.75) is 62.6 Å². The molecule has 4 aromatic carbocycles. The fraction of sp³-hybridized carbons (Fsp3) is 0.278. The molecule has 0 heterocycles. The molecule has 1 fully saturated rings. The van der Waals surface area contributed by atoms with Crippen molar-refractivity contribution < 1.29 is 22.4 Å². The van der Waals surface area contributed by atoms with Gasteiger partial charge in [0.05, 0.1) is 10.6 Å². The Morgan fingerprint density at radius 1 is 0.891 bits per heavy atom. The van der Waals surface area contributed by atoms with Crippen LogP contribution in [0.2, 0.25) is 5.02 Å². The highest BCUT2D eigenvalue weighted by molar-refractivity contribution is 7.92. The molecule has 0 saturated heterocycles. The smallest absolute Gasteiger partial charge is 0.264 e. The second-order valence-corrected chi connectivity index (χ2v) is 13.9. The summed E-state index contributed by atoms with van der Waals surface area (Å²) >= 11 is 6.56. The van der Waals surface area contributed by atoms with Crippen LogP contribution in [0.15, 0.2) is 108 Å². The fourth-order valence-electron chi connectivity index (χ4n) is 5.71. The third-order valence-electron chi connectivity index (χ3n) is 8.27. The van der Waals surface area contributed by atoms with Crippen LogP contribution in [0.25, 0.3) is 0 Å². The molecule has 2 amide bonds. The summed E-state index contributed by atoms with van der Waals surface area (Å²) in [4.78, 5) is 30.0. The standard InChI is InChI=1S/C36H37ClFN3O4S/c1-26-15-21-32(22-16-26)46(44,45)41(31-19-17-29(38)18-20-31)25-35(42)40(24-28-11-5-8-14-33(28)37)34(23-27-9-3-2-4-10-27)36(43)39-30-12-6-7-13-30/h2-5,8-11,14-22,30,34H,6-7,12-13,23-25H2,1H3,(H,39,43). The number of halogens is 2. The molecule has 10 heteroatoms. The first-order valence-electron chi connectivity index (χ1n) is 15.3. The summed E-state index contributed by atoms with van der Waals surface area (Å²) < 4.78 is 43.1. The molecule has 0 aromatic heterocycles. The van der Waals surface area contributed by atoms with Crippen LogP contribution in [0, 0.1) is 12.7 Å². The lowest BCUT2D eigenvalue weighted by Crippen LogP contribution is -2.54. The molecule has 240 valence electrons. The van der Waals surface area contributed by atoms with Crippen molar-refractivity contribution in [2.75, 3.05) is 10.8 Å². The van der Waals surface area contributed by atoms with Gasteiger partial charge in [0.25, 0.3) is 10.0 Å². The molecule has 46 heavy (non-hydrogen) atoms. The van der Waals surface area contributed by atoms with E-state index in [4.69, 9.17) is 11.6 Å². The number of carbonyl (C=O) groups is 2. The monoisotopic (exact) mass is 661 g/mol. The van der Waals surface area contributed by atoms with Gasteiger partial charge in [-0.3, -0.25) is 13.9 Å². The van der Waals surface area contributed by atoms with Gasteiger partial charge in [-0.2, -0.15) is 0 Å². The second-order valence-electron chi connectivity index (χ2n) is 11.6. The number of carbonyl (C=O) groups excluding carboxylic acids is 2. The predicted octanol–water partition coefficient (Wildman–Crippen LogP) is 6.68. The topological polar surface area (TPSA) is 86.8 Å². The number of aryl methyl sites for hydroxylation is 1. The van der Waals surface area contributed by atoms with Crippen LogP contribution in [0.4, 0.5) is 10.1 Å². The minimum atomic E-state index is -4.28. The number of amides is 2. The lowest BCUT2D eigenvalue weighted by molar-refractivity contribution is -0.140. The zero-order chi connectivity index (χ0) is 32.7. The van der Waals surface area contributed by atoms with Crippen molar-refractivity contribution in [3.8, 4) is 0 Å². The molecule has 0 radical (unpaired) electrons. The highest BCUT2D eigenvalue weighted by Gasteiger charge is 2.35. The Morgan fingerprint density at radius 3 is 2.17 bits per heavy atom. The summed E-state index contributed by atoms with van der Waals surface area (Å²) in [5.41, 5.74) is 2.43. The van der Waals surface area contributed by atoms with Crippen molar-refractivity contribution >= 4 is 39.1 Å². The molecule has 1 aliphatic rings. The van der Waals surface area contributed by atoms with Gasteiger partial charge in [-0.1, -0.05) is 90.7 Å². The van der Waals surface area contributed by atoms with E-state index in [1.54, 1.807) is 36.4 Å². The molecule has 1 atom stereocenters. The maximum atomic E-state index is 14.5. The maximum Gasteiger partial charge on any atom is 0.264 e. The normalized spacial score (nSPS) is 14.1. The average Bonchev–Trinajstić information content (AvgIpc) is 3.56. The molecular formula is C36H37ClFN3O4S. The molecule has 4 aromatic rings. The van der Waals surface area contributed by atoms with E-state index in [2.05, 4.69) is 5.32 Å². The first-order valence-corrected chi connectivity index (χ1v) is 17.2. The van der Waals surface area contributed by atoms with Crippen molar-refractivity contribution in [1.82, 2.24) is 10.2 Å². The Labute approximate surface area is 275 Å². The van der Waals surface area contributed by atoms with Crippen LogP contribution in [0.1, 0.15) is 42.4 Å². The summed E-state index contributed by atoms with van der Waals surface area (Å²) in [6.45, 7) is 1.18. The molecule has 0 spiro atoms. The molecule has 1 aliphatic carbocycles. The van der Waals surface area contributed by atoms with Gasteiger partial charge in [0, 0.05) is 24.0 Å². The summed E-state index contributed by atoms with van der Waals surface area (Å²) in [7, 11) is -4.28. The lowest BCUT2D eigenvalue weighted by Gasteiger charge is -2.34. The number of anilines is 1. The maximum absolute atomic E-state index is 14.5. The van der Waals surface area contributed by atoms with Gasteiger partial charge in [-0.05, 0) is 73.4 Å². The predicted molar refractivity (Wildman–Crippen MR) is 178 cm³/mol. The van der Waals surface area contributed by atoms with Crippen molar-refractivity contribution in [3.63, 3.8) is 0 Å². The van der Waals surface area contributed by atoms with Crippen LogP contribution in [0.3, 0.4) is 0 Å². The molecular weight excluding hydrogens is 625 g/mol. The SMILES string of the molecule is Cc1ccc(S(=O)(=O)N(CC(=O)N(Cc2ccccc2Cl)C(Cc2ccccc2)C(=O)NC2CCCC2)c2ccc(F)cc2)cc1. The highest BCUT2D eigenvalue weighted by atomic mass is 35.5. The van der Waals surface area contributed by atoms with Gasteiger partial charge >= 0.3 is 0 Å². The van der Waals surface area contributed by atoms with Crippen molar-refractivity contribution in [1.29, 1.82) is 0 Å². The molecule has 1 N–H and O–H groups in total. The Kier molecular flexibility index (Phi) is 10.8. The lowest BCUT2D eigenvalue weighted by atomic mass is 10.0. The van der Waals surface area contributed by atoms with E-state index in [9.17, 15) is 22.4 Å². The minimum Gasteiger partial charge on any atom is -0.352 e. The van der Waals surface area contributed by atoms with E-state index in [1.807, 2.05) is 37.3 Å². The Hall–Kier alpha value is -4.21. The van der Waals surface area contributed by atoms with E-state index in [0.29, 0.717) is 10.6 Å². The second kappa shape index (κ2) is 14.9. The largest absolute Gasteiger partial charge is 0.352 e. The summed E-state index contributed by atoms with van der Waals surface area (Å²) in [5.74, 6) is -1.47. The van der Waals surface area contributed by atoms with Crippen LogP contribution in [0.5, 0.6) is 0 Å². The third-order valence-corrected chi connectivity index (χ3v) is 10.4. The zero-order valence-electron chi connectivity index (χ0n) is 25.6. The van der Waals surface area contributed by atoms with E-state index in [-0.39, 0.29) is 35.5 Å². The Bertz CT molecular complexity index is 1750. The molecule has 1 unspecified atom stereocenters. The van der Waals surface area contributed by atoms with Gasteiger partial charge in [0.1, 0.15) is 18.4 Å². The molecule has 0 bridgehead atoms.